The Morgan fingerprint density at radius 1 is 1.30 bits per heavy atom. The maximum absolute atomic E-state index is 5.51. The molecule has 1 aromatic carbocycles. The Morgan fingerprint density at radius 2 is 1.95 bits per heavy atom. The van der Waals surface area contributed by atoms with Crippen LogP contribution in [0.25, 0.3) is 0 Å². The highest BCUT2D eigenvalue weighted by Gasteiger charge is 2.19. The minimum absolute atomic E-state index is 0.275. The molecule has 0 aliphatic heterocycles. The van der Waals surface area contributed by atoms with Crippen LogP contribution in [0.1, 0.15) is 37.9 Å². The molecule has 1 atom stereocenters. The van der Waals surface area contributed by atoms with Crippen molar-refractivity contribution in [3.8, 4) is 5.75 Å². The molecule has 1 rings (SSSR count). The number of ether oxygens (including phenoxy) is 1. The van der Waals surface area contributed by atoms with Crippen LogP contribution in [0.3, 0.4) is 0 Å². The normalized spacial score (nSPS) is 13.6. The molecule has 1 aromatic rings. The summed E-state index contributed by atoms with van der Waals surface area (Å²) >= 11 is 0. The van der Waals surface area contributed by atoms with Crippen LogP contribution in [0, 0.1) is 12.3 Å². The van der Waals surface area contributed by atoms with Crippen LogP contribution in [-0.2, 0) is 0 Å². The molecule has 0 bridgehead atoms. The van der Waals surface area contributed by atoms with E-state index in [1.807, 2.05) is 7.05 Å². The number of hydrogen-bond donors (Lipinski definition) is 1. The average Bonchev–Trinajstić information content (AvgIpc) is 2.33. The van der Waals surface area contributed by atoms with Gasteiger partial charge < -0.3 is 15.0 Å². The molecule has 0 saturated carbocycles. The molecule has 20 heavy (non-hydrogen) atoms. The number of benzene rings is 1. The van der Waals surface area contributed by atoms with Crippen molar-refractivity contribution >= 4 is 0 Å². The molecule has 114 valence electrons. The monoisotopic (exact) mass is 278 g/mol. The summed E-state index contributed by atoms with van der Waals surface area (Å²) < 4.78 is 5.51. The summed E-state index contributed by atoms with van der Waals surface area (Å²) in [6.45, 7) is 11.0. The van der Waals surface area contributed by atoms with Crippen LogP contribution < -0.4 is 10.1 Å². The lowest BCUT2D eigenvalue weighted by Gasteiger charge is -2.30. The van der Waals surface area contributed by atoms with Gasteiger partial charge in [0.1, 0.15) is 5.75 Å². The van der Waals surface area contributed by atoms with Crippen molar-refractivity contribution in [1.29, 1.82) is 0 Å². The van der Waals surface area contributed by atoms with E-state index in [1.54, 1.807) is 7.11 Å². The second-order valence-corrected chi connectivity index (χ2v) is 6.84. The third-order valence-electron chi connectivity index (χ3n) is 3.35. The van der Waals surface area contributed by atoms with Crippen LogP contribution >= 0.6 is 0 Å². The fourth-order valence-corrected chi connectivity index (χ4v) is 2.66. The van der Waals surface area contributed by atoms with Crippen LogP contribution in [0.5, 0.6) is 5.75 Å². The number of hydrogen-bond acceptors (Lipinski definition) is 3. The molecular formula is C17H30N2O. The second kappa shape index (κ2) is 7.09. The number of rotatable bonds is 6. The molecule has 0 aromatic heterocycles. The zero-order chi connectivity index (χ0) is 15.3. The highest BCUT2D eigenvalue weighted by Crippen LogP contribution is 2.27. The molecule has 3 heteroatoms. The lowest BCUT2D eigenvalue weighted by Crippen LogP contribution is -2.36. The predicted octanol–water partition coefficient (Wildman–Crippen LogP) is 3.24. The van der Waals surface area contributed by atoms with Crippen molar-refractivity contribution < 1.29 is 4.74 Å². The van der Waals surface area contributed by atoms with Crippen molar-refractivity contribution in [1.82, 2.24) is 10.2 Å². The summed E-state index contributed by atoms with van der Waals surface area (Å²) in [6, 6.07) is 6.63. The topological polar surface area (TPSA) is 24.5 Å². The first kappa shape index (κ1) is 17.0. The van der Waals surface area contributed by atoms with Crippen molar-refractivity contribution in [2.75, 3.05) is 34.3 Å². The quantitative estimate of drug-likeness (QED) is 0.864. The molecule has 1 N–H and O–H groups in total. The van der Waals surface area contributed by atoms with Gasteiger partial charge in [-0.15, -0.1) is 0 Å². The molecule has 0 aliphatic rings. The Bertz CT molecular complexity index is 423. The van der Waals surface area contributed by atoms with Crippen molar-refractivity contribution in [3.63, 3.8) is 0 Å². The van der Waals surface area contributed by atoms with Crippen LogP contribution in [0.2, 0.25) is 0 Å². The van der Waals surface area contributed by atoms with E-state index in [0.29, 0.717) is 5.41 Å². The summed E-state index contributed by atoms with van der Waals surface area (Å²) in [4.78, 5) is 2.38. The summed E-state index contributed by atoms with van der Waals surface area (Å²) in [7, 11) is 5.93. The molecule has 0 amide bonds. The summed E-state index contributed by atoms with van der Waals surface area (Å²) in [5.41, 5.74) is 2.80. The lowest BCUT2D eigenvalue weighted by molar-refractivity contribution is 0.209. The smallest absolute Gasteiger partial charge is 0.123 e. The standard InChI is InChI=1S/C17H30N2O/c1-13-8-9-16(20-7)14(10-13)15(18-5)11-19(6)12-17(2,3)4/h8-10,15,18H,11-12H2,1-7H3. The molecule has 0 heterocycles. The number of nitrogens with one attached hydrogen (secondary N) is 1. The fourth-order valence-electron chi connectivity index (χ4n) is 2.66. The summed E-state index contributed by atoms with van der Waals surface area (Å²) in [5.74, 6) is 0.958. The van der Waals surface area contributed by atoms with Crippen molar-refractivity contribution in [2.24, 2.45) is 5.41 Å². The fraction of sp³-hybridized carbons (Fsp3) is 0.647. The van der Waals surface area contributed by atoms with Gasteiger partial charge in [0.15, 0.2) is 0 Å². The molecule has 1 unspecified atom stereocenters. The highest BCUT2D eigenvalue weighted by molar-refractivity contribution is 5.39. The Labute approximate surface area is 124 Å². The molecule has 0 fully saturated rings. The third kappa shape index (κ3) is 5.14. The summed E-state index contributed by atoms with van der Waals surface area (Å²) in [6.07, 6.45) is 0. The highest BCUT2D eigenvalue weighted by atomic mass is 16.5. The van der Waals surface area contributed by atoms with Gasteiger partial charge in [0.25, 0.3) is 0 Å². The number of methoxy groups -OCH3 is 1. The number of aryl methyl sites for hydroxylation is 1. The SMILES string of the molecule is CNC(CN(C)CC(C)(C)C)c1cc(C)ccc1OC. The first-order valence-corrected chi connectivity index (χ1v) is 7.27. The van der Waals surface area contributed by atoms with Gasteiger partial charge in [-0.1, -0.05) is 38.5 Å². The Morgan fingerprint density at radius 3 is 2.45 bits per heavy atom. The molecule has 0 saturated heterocycles. The molecule has 0 aliphatic carbocycles. The van der Waals surface area contributed by atoms with Gasteiger partial charge in [0, 0.05) is 24.7 Å². The van der Waals surface area contributed by atoms with E-state index in [4.69, 9.17) is 4.74 Å². The third-order valence-corrected chi connectivity index (χ3v) is 3.35. The van der Waals surface area contributed by atoms with Gasteiger partial charge in [-0.3, -0.25) is 0 Å². The van der Waals surface area contributed by atoms with E-state index in [9.17, 15) is 0 Å². The maximum atomic E-state index is 5.51. The summed E-state index contributed by atoms with van der Waals surface area (Å²) in [5, 5.41) is 3.42. The maximum Gasteiger partial charge on any atom is 0.123 e. The van der Waals surface area contributed by atoms with Crippen LogP contribution in [-0.4, -0.2) is 39.2 Å². The van der Waals surface area contributed by atoms with E-state index in [2.05, 4.69) is 63.2 Å². The Kier molecular flexibility index (Phi) is 6.03. The first-order chi connectivity index (χ1) is 9.26. The molecule has 0 radical (unpaired) electrons. The molecular weight excluding hydrogens is 248 g/mol. The minimum atomic E-state index is 0.275. The Balaban J connectivity index is 2.88. The largest absolute Gasteiger partial charge is 0.496 e. The lowest BCUT2D eigenvalue weighted by atomic mass is 9.95. The van der Waals surface area contributed by atoms with Crippen LogP contribution in [0.15, 0.2) is 18.2 Å². The van der Waals surface area contributed by atoms with Gasteiger partial charge in [-0.25, -0.2) is 0 Å². The van der Waals surface area contributed by atoms with Crippen molar-refractivity contribution in [3.05, 3.63) is 29.3 Å². The number of likely N-dealkylation sites (N-methyl/N-ethyl adjacent to an activating group) is 2. The van der Waals surface area contributed by atoms with Gasteiger partial charge in [-0.05, 0) is 32.5 Å². The van der Waals surface area contributed by atoms with Gasteiger partial charge in [0.05, 0.1) is 7.11 Å². The number of nitrogens with zero attached hydrogens (tertiary/aromatic N) is 1. The van der Waals surface area contributed by atoms with Gasteiger partial charge in [0.2, 0.25) is 0 Å². The zero-order valence-electron chi connectivity index (χ0n) is 14.1. The van der Waals surface area contributed by atoms with Crippen molar-refractivity contribution in [2.45, 2.75) is 33.7 Å². The van der Waals surface area contributed by atoms with E-state index in [-0.39, 0.29) is 6.04 Å². The van der Waals surface area contributed by atoms with Gasteiger partial charge >= 0.3 is 0 Å². The van der Waals surface area contributed by atoms with E-state index < -0.39 is 0 Å². The predicted molar refractivity (Wildman–Crippen MR) is 86.5 cm³/mol. The van der Waals surface area contributed by atoms with Gasteiger partial charge in [-0.2, -0.15) is 0 Å². The van der Waals surface area contributed by atoms with E-state index in [0.717, 1.165) is 18.8 Å². The Hall–Kier alpha value is -1.06. The average molecular weight is 278 g/mol. The molecule has 3 nitrogen and oxygen atoms in total. The second-order valence-electron chi connectivity index (χ2n) is 6.84. The van der Waals surface area contributed by atoms with E-state index >= 15 is 0 Å². The molecule has 0 spiro atoms. The first-order valence-electron chi connectivity index (χ1n) is 7.27. The van der Waals surface area contributed by atoms with Crippen LogP contribution in [0.4, 0.5) is 0 Å². The minimum Gasteiger partial charge on any atom is -0.496 e. The zero-order valence-corrected chi connectivity index (χ0v) is 14.1. The van der Waals surface area contributed by atoms with E-state index in [1.165, 1.54) is 11.1 Å².